The van der Waals surface area contributed by atoms with Crippen molar-refractivity contribution in [3.63, 3.8) is 0 Å². The molecule has 0 fully saturated rings. The van der Waals surface area contributed by atoms with Gasteiger partial charge in [-0.15, -0.1) is 0 Å². The molecule has 0 spiro atoms. The monoisotopic (exact) mass is 279 g/mol. The number of nitrogens with two attached hydrogens (primary N) is 1. The Bertz CT molecular complexity index is 620. The van der Waals surface area contributed by atoms with Crippen LogP contribution >= 0.6 is 0 Å². The van der Waals surface area contributed by atoms with Crippen LogP contribution in [0.25, 0.3) is 0 Å². The van der Waals surface area contributed by atoms with Crippen LogP contribution in [-0.2, 0) is 13.0 Å². The molecule has 21 heavy (non-hydrogen) atoms. The number of rotatable bonds is 5. The highest BCUT2D eigenvalue weighted by atomic mass is 16.5. The molecule has 2 nitrogen and oxygen atoms in total. The standard InChI is InChI=1S/C19H21NO/c1-2-6-16-10-12-19(13-11-16)21-15-18-8-4-3-7-17(18)9-5-14-20/h3-4,7-8,10-13H,2,6,14-15,20H2,1H3. The Balaban J connectivity index is 2.02. The summed E-state index contributed by atoms with van der Waals surface area (Å²) in [6, 6.07) is 16.3. The quantitative estimate of drug-likeness (QED) is 0.850. The van der Waals surface area contributed by atoms with Gasteiger partial charge in [0.05, 0.1) is 6.54 Å². The second kappa shape index (κ2) is 8.14. The summed E-state index contributed by atoms with van der Waals surface area (Å²) in [7, 11) is 0. The third-order valence-electron chi connectivity index (χ3n) is 3.20. The fraction of sp³-hybridized carbons (Fsp3) is 0.263. The summed E-state index contributed by atoms with van der Waals surface area (Å²) in [4.78, 5) is 0. The molecule has 2 rings (SSSR count). The van der Waals surface area contributed by atoms with Crippen molar-refractivity contribution in [2.75, 3.05) is 6.54 Å². The zero-order chi connectivity index (χ0) is 14.9. The molecule has 0 amide bonds. The van der Waals surface area contributed by atoms with Gasteiger partial charge in [0.15, 0.2) is 0 Å². The van der Waals surface area contributed by atoms with Crippen LogP contribution in [0.4, 0.5) is 0 Å². The van der Waals surface area contributed by atoms with E-state index >= 15 is 0 Å². The van der Waals surface area contributed by atoms with E-state index in [0.717, 1.165) is 29.7 Å². The summed E-state index contributed by atoms with van der Waals surface area (Å²) in [5, 5.41) is 0. The van der Waals surface area contributed by atoms with Gasteiger partial charge in [0, 0.05) is 11.1 Å². The molecule has 0 aliphatic heterocycles. The molecule has 0 radical (unpaired) electrons. The molecule has 0 unspecified atom stereocenters. The van der Waals surface area contributed by atoms with Gasteiger partial charge in [-0.2, -0.15) is 0 Å². The van der Waals surface area contributed by atoms with E-state index in [9.17, 15) is 0 Å². The summed E-state index contributed by atoms with van der Waals surface area (Å²) >= 11 is 0. The third-order valence-corrected chi connectivity index (χ3v) is 3.20. The lowest BCUT2D eigenvalue weighted by Gasteiger charge is -2.08. The van der Waals surface area contributed by atoms with E-state index in [1.807, 2.05) is 36.4 Å². The maximum Gasteiger partial charge on any atom is 0.119 e. The van der Waals surface area contributed by atoms with Crippen LogP contribution in [0.15, 0.2) is 48.5 Å². The first-order chi connectivity index (χ1) is 10.3. The first-order valence-corrected chi connectivity index (χ1v) is 7.32. The minimum Gasteiger partial charge on any atom is -0.489 e. The molecule has 0 aliphatic carbocycles. The van der Waals surface area contributed by atoms with Gasteiger partial charge in [0.25, 0.3) is 0 Å². The molecule has 2 heteroatoms. The molecule has 108 valence electrons. The van der Waals surface area contributed by atoms with E-state index in [1.165, 1.54) is 5.56 Å². The Hall–Kier alpha value is -2.24. The van der Waals surface area contributed by atoms with Gasteiger partial charge in [0.2, 0.25) is 0 Å². The molecule has 0 aromatic heterocycles. The molecule has 0 saturated heterocycles. The van der Waals surface area contributed by atoms with Crippen molar-refractivity contribution in [1.29, 1.82) is 0 Å². The predicted octanol–water partition coefficient (Wildman–Crippen LogP) is 3.53. The van der Waals surface area contributed by atoms with Gasteiger partial charge in [-0.25, -0.2) is 0 Å². The van der Waals surface area contributed by atoms with Gasteiger partial charge in [-0.1, -0.05) is 55.5 Å². The van der Waals surface area contributed by atoms with Crippen LogP contribution in [-0.4, -0.2) is 6.54 Å². The van der Waals surface area contributed by atoms with Gasteiger partial charge in [0.1, 0.15) is 12.4 Å². The maximum atomic E-state index is 5.85. The number of aryl methyl sites for hydroxylation is 1. The van der Waals surface area contributed by atoms with Crippen molar-refractivity contribution in [3.8, 4) is 17.6 Å². The molecule has 2 aromatic rings. The van der Waals surface area contributed by atoms with E-state index in [0.29, 0.717) is 13.2 Å². The topological polar surface area (TPSA) is 35.2 Å². The smallest absolute Gasteiger partial charge is 0.119 e. The van der Waals surface area contributed by atoms with Gasteiger partial charge < -0.3 is 10.5 Å². The zero-order valence-electron chi connectivity index (χ0n) is 12.4. The number of hydrogen-bond acceptors (Lipinski definition) is 2. The molecule has 0 aliphatic rings. The Kier molecular flexibility index (Phi) is 5.87. The van der Waals surface area contributed by atoms with Crippen molar-refractivity contribution >= 4 is 0 Å². The molecular formula is C19H21NO. The largest absolute Gasteiger partial charge is 0.489 e. The Morgan fingerprint density at radius 2 is 1.81 bits per heavy atom. The van der Waals surface area contributed by atoms with E-state index < -0.39 is 0 Å². The van der Waals surface area contributed by atoms with Crippen molar-refractivity contribution in [2.45, 2.75) is 26.4 Å². The van der Waals surface area contributed by atoms with E-state index in [1.54, 1.807) is 0 Å². The lowest BCUT2D eigenvalue weighted by Crippen LogP contribution is -1.99. The molecule has 2 aromatic carbocycles. The molecule has 0 bridgehead atoms. The van der Waals surface area contributed by atoms with Gasteiger partial charge >= 0.3 is 0 Å². The van der Waals surface area contributed by atoms with Crippen LogP contribution in [0, 0.1) is 11.8 Å². The first-order valence-electron chi connectivity index (χ1n) is 7.32. The summed E-state index contributed by atoms with van der Waals surface area (Å²) in [5.41, 5.74) is 8.83. The molecule has 0 atom stereocenters. The predicted molar refractivity (Wildman–Crippen MR) is 87.1 cm³/mol. The van der Waals surface area contributed by atoms with E-state index in [4.69, 9.17) is 10.5 Å². The first kappa shape index (κ1) is 15.2. The summed E-state index contributed by atoms with van der Waals surface area (Å²) in [6.07, 6.45) is 2.27. The van der Waals surface area contributed by atoms with Gasteiger partial charge in [-0.05, 0) is 30.2 Å². The van der Waals surface area contributed by atoms with Crippen LogP contribution in [0.1, 0.15) is 30.0 Å². The number of ether oxygens (including phenoxy) is 1. The number of benzene rings is 2. The summed E-state index contributed by atoms with van der Waals surface area (Å²) in [5.74, 6) is 6.85. The van der Waals surface area contributed by atoms with E-state index in [-0.39, 0.29) is 0 Å². The van der Waals surface area contributed by atoms with Crippen molar-refractivity contribution in [2.24, 2.45) is 5.73 Å². The molecule has 2 N–H and O–H groups in total. The fourth-order valence-electron chi connectivity index (χ4n) is 2.12. The lowest BCUT2D eigenvalue weighted by molar-refractivity contribution is 0.306. The highest BCUT2D eigenvalue weighted by Gasteiger charge is 2.01. The fourth-order valence-corrected chi connectivity index (χ4v) is 2.12. The van der Waals surface area contributed by atoms with E-state index in [2.05, 4.69) is 30.9 Å². The van der Waals surface area contributed by atoms with Crippen molar-refractivity contribution in [3.05, 3.63) is 65.2 Å². The second-order valence-corrected chi connectivity index (χ2v) is 4.85. The average molecular weight is 279 g/mol. The minimum absolute atomic E-state index is 0.369. The normalized spacial score (nSPS) is 9.81. The van der Waals surface area contributed by atoms with Crippen LogP contribution in [0.5, 0.6) is 5.75 Å². The third kappa shape index (κ3) is 4.66. The summed E-state index contributed by atoms with van der Waals surface area (Å²) < 4.78 is 5.85. The SMILES string of the molecule is CCCc1ccc(OCc2ccccc2C#CCN)cc1. The molecule has 0 heterocycles. The van der Waals surface area contributed by atoms with Crippen molar-refractivity contribution < 1.29 is 4.74 Å². The zero-order valence-corrected chi connectivity index (χ0v) is 12.4. The maximum absolute atomic E-state index is 5.85. The lowest BCUT2D eigenvalue weighted by atomic mass is 10.1. The minimum atomic E-state index is 0.369. The number of hydrogen-bond donors (Lipinski definition) is 1. The summed E-state index contributed by atoms with van der Waals surface area (Å²) in [6.45, 7) is 3.07. The van der Waals surface area contributed by atoms with Crippen molar-refractivity contribution in [1.82, 2.24) is 0 Å². The highest BCUT2D eigenvalue weighted by Crippen LogP contribution is 2.16. The highest BCUT2D eigenvalue weighted by molar-refractivity contribution is 5.41. The molecule has 0 saturated carbocycles. The molecular weight excluding hydrogens is 258 g/mol. The Morgan fingerprint density at radius 1 is 1.05 bits per heavy atom. The second-order valence-electron chi connectivity index (χ2n) is 4.85. The Morgan fingerprint density at radius 3 is 2.52 bits per heavy atom. The average Bonchev–Trinajstić information content (AvgIpc) is 2.53. The van der Waals surface area contributed by atoms with Gasteiger partial charge in [-0.3, -0.25) is 0 Å². The van der Waals surface area contributed by atoms with Crippen LogP contribution in [0.3, 0.4) is 0 Å². The van der Waals surface area contributed by atoms with Crippen LogP contribution < -0.4 is 10.5 Å². The Labute approximate surface area is 126 Å². The van der Waals surface area contributed by atoms with Crippen LogP contribution in [0.2, 0.25) is 0 Å².